The van der Waals surface area contributed by atoms with Crippen LogP contribution in [0.2, 0.25) is 0 Å². The number of rotatable bonds is 5. The van der Waals surface area contributed by atoms with Crippen molar-refractivity contribution in [2.24, 2.45) is 0 Å². The van der Waals surface area contributed by atoms with Crippen LogP contribution in [-0.2, 0) is 0 Å². The molecule has 6 heteroatoms. The molecule has 2 aromatic rings. The van der Waals surface area contributed by atoms with Crippen molar-refractivity contribution in [3.8, 4) is 0 Å². The lowest BCUT2D eigenvalue weighted by atomic mass is 10.1. The second-order valence-electron chi connectivity index (χ2n) is 6.73. The molecule has 1 amide bonds. The highest BCUT2D eigenvalue weighted by Crippen LogP contribution is 2.18. The summed E-state index contributed by atoms with van der Waals surface area (Å²) in [6.07, 6.45) is 6.89. The normalized spacial score (nSPS) is 15.1. The zero-order valence-electron chi connectivity index (χ0n) is 15.0. The van der Waals surface area contributed by atoms with Crippen molar-refractivity contribution in [3.63, 3.8) is 0 Å². The zero-order valence-corrected chi connectivity index (χ0v) is 15.0. The van der Waals surface area contributed by atoms with Crippen molar-refractivity contribution in [2.45, 2.75) is 51.5 Å². The average Bonchev–Trinajstić information content (AvgIpc) is 2.91. The topological polar surface area (TPSA) is 84.0 Å². The summed E-state index contributed by atoms with van der Waals surface area (Å²) in [6.45, 7) is 1.53. The van der Waals surface area contributed by atoms with Crippen LogP contribution in [0.25, 0.3) is 0 Å². The molecule has 6 nitrogen and oxygen atoms in total. The van der Waals surface area contributed by atoms with E-state index in [2.05, 4.69) is 20.8 Å². The molecule has 0 spiro atoms. The van der Waals surface area contributed by atoms with Crippen LogP contribution in [0.15, 0.2) is 36.4 Å². The number of aromatic nitrogens is 2. The minimum atomic E-state index is -0.172. The summed E-state index contributed by atoms with van der Waals surface area (Å²) < 4.78 is 0. The van der Waals surface area contributed by atoms with Crippen LogP contribution < -0.4 is 10.6 Å². The number of ketones is 1. The van der Waals surface area contributed by atoms with Gasteiger partial charge in [-0.05, 0) is 44.0 Å². The van der Waals surface area contributed by atoms with Crippen molar-refractivity contribution < 1.29 is 9.59 Å². The molecule has 0 radical (unpaired) electrons. The molecule has 1 heterocycles. The number of nitrogens with zero attached hydrogens (tertiary/aromatic N) is 2. The van der Waals surface area contributed by atoms with Gasteiger partial charge in [0.05, 0.1) is 0 Å². The molecule has 0 bridgehead atoms. The fourth-order valence-corrected chi connectivity index (χ4v) is 3.17. The van der Waals surface area contributed by atoms with Crippen molar-refractivity contribution in [3.05, 3.63) is 47.7 Å². The van der Waals surface area contributed by atoms with Crippen LogP contribution in [0.5, 0.6) is 0 Å². The number of carbonyl (C=O) groups excluding carboxylic acids is 2. The van der Waals surface area contributed by atoms with Gasteiger partial charge in [-0.1, -0.05) is 37.8 Å². The first-order valence-electron chi connectivity index (χ1n) is 9.14. The van der Waals surface area contributed by atoms with Crippen LogP contribution in [0.3, 0.4) is 0 Å². The first-order chi connectivity index (χ1) is 12.6. The molecular weight excluding hydrogens is 328 g/mol. The van der Waals surface area contributed by atoms with E-state index in [0.29, 0.717) is 17.1 Å². The number of amides is 1. The van der Waals surface area contributed by atoms with E-state index in [0.717, 1.165) is 18.5 Å². The number of anilines is 2. The second-order valence-corrected chi connectivity index (χ2v) is 6.73. The van der Waals surface area contributed by atoms with Crippen molar-refractivity contribution >= 4 is 23.2 Å². The summed E-state index contributed by atoms with van der Waals surface area (Å²) in [5.41, 5.74) is 1.70. The van der Waals surface area contributed by atoms with Gasteiger partial charge in [-0.15, -0.1) is 10.2 Å². The molecule has 1 aromatic heterocycles. The predicted octanol–water partition coefficient (Wildman–Crippen LogP) is 3.88. The van der Waals surface area contributed by atoms with Crippen molar-refractivity contribution in [1.29, 1.82) is 0 Å². The molecule has 26 heavy (non-hydrogen) atoms. The smallest absolute Gasteiger partial charge is 0.272 e. The molecule has 136 valence electrons. The Hall–Kier alpha value is -2.76. The Morgan fingerprint density at radius 3 is 2.42 bits per heavy atom. The van der Waals surface area contributed by atoms with E-state index in [4.69, 9.17) is 0 Å². The highest BCUT2D eigenvalue weighted by atomic mass is 16.2. The molecule has 1 fully saturated rings. The molecule has 0 saturated heterocycles. The van der Waals surface area contributed by atoms with Crippen molar-refractivity contribution in [2.75, 3.05) is 5.32 Å². The van der Waals surface area contributed by atoms with Gasteiger partial charge in [0.15, 0.2) is 17.3 Å². The average molecular weight is 352 g/mol. The first-order valence-corrected chi connectivity index (χ1v) is 9.14. The number of hydrogen-bond donors (Lipinski definition) is 2. The molecule has 0 atom stereocenters. The van der Waals surface area contributed by atoms with Crippen LogP contribution in [-0.4, -0.2) is 27.9 Å². The van der Waals surface area contributed by atoms with E-state index < -0.39 is 0 Å². The van der Waals surface area contributed by atoms with Crippen LogP contribution >= 0.6 is 0 Å². The lowest BCUT2D eigenvalue weighted by Gasteiger charge is -2.15. The largest absolute Gasteiger partial charge is 0.348 e. The minimum Gasteiger partial charge on any atom is -0.348 e. The van der Waals surface area contributed by atoms with E-state index >= 15 is 0 Å². The molecule has 2 N–H and O–H groups in total. The Kier molecular flexibility index (Phi) is 5.94. The van der Waals surface area contributed by atoms with E-state index in [1.807, 2.05) is 6.07 Å². The third-order valence-electron chi connectivity index (χ3n) is 4.63. The van der Waals surface area contributed by atoms with Gasteiger partial charge < -0.3 is 10.6 Å². The Balaban J connectivity index is 1.61. The van der Waals surface area contributed by atoms with Gasteiger partial charge in [0.25, 0.3) is 5.91 Å². The molecular formula is C20H24N4O2. The molecule has 1 aromatic carbocycles. The first kappa shape index (κ1) is 18.0. The van der Waals surface area contributed by atoms with Gasteiger partial charge >= 0.3 is 0 Å². The van der Waals surface area contributed by atoms with Crippen molar-refractivity contribution in [1.82, 2.24) is 15.5 Å². The SMILES string of the molecule is CC(=O)c1cccc(Nc2ccc(C(=O)NC3CCCCCC3)nn2)c1. The predicted molar refractivity (Wildman–Crippen MR) is 101 cm³/mol. The number of nitrogens with one attached hydrogen (secondary N) is 2. The van der Waals surface area contributed by atoms with Gasteiger partial charge in [0.2, 0.25) is 0 Å². The third kappa shape index (κ3) is 4.88. The quantitative estimate of drug-likeness (QED) is 0.630. The molecule has 0 unspecified atom stereocenters. The number of hydrogen-bond acceptors (Lipinski definition) is 5. The van der Waals surface area contributed by atoms with Gasteiger partial charge in [0.1, 0.15) is 0 Å². The fourth-order valence-electron chi connectivity index (χ4n) is 3.17. The molecule has 0 aliphatic heterocycles. The number of carbonyl (C=O) groups is 2. The monoisotopic (exact) mass is 352 g/mol. The van der Waals surface area contributed by atoms with Gasteiger partial charge in [-0.3, -0.25) is 9.59 Å². The van der Waals surface area contributed by atoms with E-state index in [9.17, 15) is 9.59 Å². The Bertz CT molecular complexity index is 766. The highest BCUT2D eigenvalue weighted by Gasteiger charge is 2.16. The minimum absolute atomic E-state index is 0.00488. The molecule has 1 saturated carbocycles. The Labute approximate surface area is 153 Å². The summed E-state index contributed by atoms with van der Waals surface area (Å²) in [4.78, 5) is 23.8. The highest BCUT2D eigenvalue weighted by molar-refractivity contribution is 5.95. The second kappa shape index (κ2) is 8.56. The standard InChI is InChI=1S/C20H24N4O2/c1-14(25)15-7-6-10-17(13-15)21-19-12-11-18(23-24-19)20(26)22-16-8-4-2-3-5-9-16/h6-7,10-13,16H,2-5,8-9H2,1H3,(H,21,24)(H,22,26). The van der Waals surface area contributed by atoms with E-state index in [1.54, 1.807) is 30.3 Å². The Morgan fingerprint density at radius 1 is 1.00 bits per heavy atom. The van der Waals surface area contributed by atoms with Gasteiger partial charge in [-0.25, -0.2) is 0 Å². The van der Waals surface area contributed by atoms with Gasteiger partial charge in [0, 0.05) is 17.3 Å². The summed E-state index contributed by atoms with van der Waals surface area (Å²) >= 11 is 0. The van der Waals surface area contributed by atoms with E-state index in [1.165, 1.54) is 32.6 Å². The van der Waals surface area contributed by atoms with Crippen LogP contribution in [0.1, 0.15) is 66.3 Å². The summed E-state index contributed by atoms with van der Waals surface area (Å²) in [7, 11) is 0. The molecule has 1 aliphatic rings. The number of benzene rings is 1. The van der Waals surface area contributed by atoms with Crippen LogP contribution in [0.4, 0.5) is 11.5 Å². The Morgan fingerprint density at radius 2 is 1.77 bits per heavy atom. The van der Waals surface area contributed by atoms with E-state index in [-0.39, 0.29) is 17.7 Å². The third-order valence-corrected chi connectivity index (χ3v) is 4.63. The lowest BCUT2D eigenvalue weighted by Crippen LogP contribution is -2.35. The maximum absolute atomic E-state index is 12.3. The maximum Gasteiger partial charge on any atom is 0.272 e. The molecule has 3 rings (SSSR count). The summed E-state index contributed by atoms with van der Waals surface area (Å²) in [5.74, 6) is 0.358. The van der Waals surface area contributed by atoms with Crippen LogP contribution in [0, 0.1) is 0 Å². The fraction of sp³-hybridized carbons (Fsp3) is 0.400. The lowest BCUT2D eigenvalue weighted by molar-refractivity contribution is 0.0926. The zero-order chi connectivity index (χ0) is 18.4. The number of Topliss-reactive ketones (excluding diaryl/α,β-unsaturated/α-hetero) is 1. The maximum atomic E-state index is 12.3. The summed E-state index contributed by atoms with van der Waals surface area (Å²) in [6, 6.07) is 10.8. The van der Waals surface area contributed by atoms with Gasteiger partial charge in [-0.2, -0.15) is 0 Å². The molecule has 1 aliphatic carbocycles. The summed E-state index contributed by atoms with van der Waals surface area (Å²) in [5, 5.41) is 14.3.